The number of halogens is 4. The molecule has 0 unspecified atom stereocenters. The first-order chi connectivity index (χ1) is 17.4. The van der Waals surface area contributed by atoms with Crippen molar-refractivity contribution < 1.29 is 0 Å². The highest BCUT2D eigenvalue weighted by molar-refractivity contribution is 6.31. The normalized spacial score (nSPS) is 11.4. The molecule has 0 aliphatic heterocycles. The molecule has 10 heteroatoms. The lowest BCUT2D eigenvalue weighted by molar-refractivity contribution is 0.178. The number of rotatable bonds is 11. The minimum absolute atomic E-state index is 0.605. The van der Waals surface area contributed by atoms with Gasteiger partial charge in [0.2, 0.25) is 0 Å². The van der Waals surface area contributed by atoms with E-state index in [1.165, 1.54) is 0 Å². The van der Waals surface area contributed by atoms with E-state index >= 15 is 0 Å². The summed E-state index contributed by atoms with van der Waals surface area (Å²) in [6.07, 6.45) is 6.87. The molecule has 0 radical (unpaired) electrons. The van der Waals surface area contributed by atoms with Gasteiger partial charge in [0.1, 0.15) is 0 Å². The molecule has 4 aromatic heterocycles. The van der Waals surface area contributed by atoms with Crippen LogP contribution < -0.4 is 0 Å². The molecular weight excluding hydrogens is 538 g/mol. The van der Waals surface area contributed by atoms with Gasteiger partial charge in [-0.05, 0) is 48.5 Å². The molecule has 0 aliphatic rings. The second-order valence-electron chi connectivity index (χ2n) is 8.28. The second-order valence-corrected chi connectivity index (χ2v) is 10.0. The lowest BCUT2D eigenvalue weighted by Gasteiger charge is -2.27. The molecule has 0 atom stereocenters. The van der Waals surface area contributed by atoms with Gasteiger partial charge >= 0.3 is 0 Å². The first kappa shape index (κ1) is 26.7. The Morgan fingerprint density at radius 2 is 0.694 bits per heavy atom. The van der Waals surface area contributed by atoms with Crippen LogP contribution in [0.15, 0.2) is 73.3 Å². The van der Waals surface area contributed by atoms with Gasteiger partial charge in [-0.2, -0.15) is 0 Å². The molecule has 0 saturated carbocycles. The summed E-state index contributed by atoms with van der Waals surface area (Å²) < 4.78 is 0. The minimum Gasteiger partial charge on any atom is -0.290 e. The van der Waals surface area contributed by atoms with Crippen molar-refractivity contribution in [2.75, 3.05) is 13.1 Å². The van der Waals surface area contributed by atoms with E-state index in [4.69, 9.17) is 46.4 Å². The molecule has 0 spiro atoms. The van der Waals surface area contributed by atoms with E-state index in [1.54, 1.807) is 49.1 Å². The van der Waals surface area contributed by atoms with Gasteiger partial charge in [-0.15, -0.1) is 0 Å². The summed E-state index contributed by atoms with van der Waals surface area (Å²) in [6.45, 7) is 3.87. The molecule has 186 valence electrons. The van der Waals surface area contributed by atoms with Gasteiger partial charge < -0.3 is 0 Å². The van der Waals surface area contributed by atoms with Crippen molar-refractivity contribution in [1.29, 1.82) is 0 Å². The van der Waals surface area contributed by atoms with E-state index < -0.39 is 0 Å². The van der Waals surface area contributed by atoms with Crippen molar-refractivity contribution in [3.8, 4) is 0 Å². The third-order valence-electron chi connectivity index (χ3n) is 5.39. The molecule has 4 heterocycles. The van der Waals surface area contributed by atoms with Crippen molar-refractivity contribution in [1.82, 2.24) is 29.7 Å². The number of hydrogen-bond donors (Lipinski definition) is 0. The Labute approximate surface area is 230 Å². The van der Waals surface area contributed by atoms with Crippen molar-refractivity contribution >= 4 is 46.4 Å². The lowest BCUT2D eigenvalue weighted by atomic mass is 10.2. The molecule has 0 bridgehead atoms. The average molecular weight is 562 g/mol. The van der Waals surface area contributed by atoms with E-state index in [0.29, 0.717) is 46.3 Å². The molecule has 0 amide bonds. The summed E-state index contributed by atoms with van der Waals surface area (Å²) in [5.41, 5.74) is 3.52. The number of aromatic nitrogens is 4. The fourth-order valence-electron chi connectivity index (χ4n) is 3.77. The Hall–Kier alpha value is -2.32. The smallest absolute Gasteiger partial charge is 0.0558 e. The SMILES string of the molecule is Clc1ccnc(CN(CCN(Cc2cc(Cl)ccn2)Cc2cc(Cl)ccn2)Cc2cc(Cl)ccn2)c1. The van der Waals surface area contributed by atoms with Crippen LogP contribution in [-0.2, 0) is 26.2 Å². The summed E-state index contributed by atoms with van der Waals surface area (Å²) in [5, 5.41) is 2.62. The van der Waals surface area contributed by atoms with Gasteiger partial charge in [0, 0.05) is 84.1 Å². The first-order valence-corrected chi connectivity index (χ1v) is 12.8. The molecular formula is C26H24Cl4N6. The van der Waals surface area contributed by atoms with Crippen molar-refractivity contribution in [2.24, 2.45) is 0 Å². The van der Waals surface area contributed by atoms with Gasteiger partial charge in [-0.1, -0.05) is 46.4 Å². The quantitative estimate of drug-likeness (QED) is 0.206. The van der Waals surface area contributed by atoms with Gasteiger partial charge in [0.15, 0.2) is 0 Å². The monoisotopic (exact) mass is 560 g/mol. The van der Waals surface area contributed by atoms with E-state index in [0.717, 1.165) is 35.9 Å². The minimum atomic E-state index is 0.605. The molecule has 0 saturated heterocycles. The highest BCUT2D eigenvalue weighted by Gasteiger charge is 2.15. The molecule has 4 rings (SSSR count). The lowest BCUT2D eigenvalue weighted by Crippen LogP contribution is -2.35. The Bertz CT molecular complexity index is 1090. The predicted octanol–water partition coefficient (Wildman–Crippen LogP) is 6.58. The van der Waals surface area contributed by atoms with Gasteiger partial charge in [0.25, 0.3) is 0 Å². The summed E-state index contributed by atoms with van der Waals surface area (Å²) in [6, 6.07) is 14.6. The van der Waals surface area contributed by atoms with E-state index in [-0.39, 0.29) is 0 Å². The molecule has 0 aliphatic carbocycles. The Morgan fingerprint density at radius 1 is 0.444 bits per heavy atom. The zero-order valence-electron chi connectivity index (χ0n) is 19.4. The van der Waals surface area contributed by atoms with Crippen LogP contribution in [0.5, 0.6) is 0 Å². The first-order valence-electron chi connectivity index (χ1n) is 11.3. The van der Waals surface area contributed by atoms with E-state index in [1.807, 2.05) is 24.3 Å². The zero-order chi connectivity index (χ0) is 25.3. The van der Waals surface area contributed by atoms with Gasteiger partial charge in [-0.25, -0.2) is 0 Å². The van der Waals surface area contributed by atoms with E-state index in [2.05, 4.69) is 29.7 Å². The van der Waals surface area contributed by atoms with Gasteiger partial charge in [0.05, 0.1) is 22.8 Å². The van der Waals surface area contributed by atoms with Crippen LogP contribution in [0.1, 0.15) is 22.8 Å². The average Bonchev–Trinajstić information content (AvgIpc) is 2.82. The third kappa shape index (κ3) is 8.66. The van der Waals surface area contributed by atoms with Crippen LogP contribution in [0.4, 0.5) is 0 Å². The van der Waals surface area contributed by atoms with Crippen molar-refractivity contribution in [2.45, 2.75) is 26.2 Å². The van der Waals surface area contributed by atoms with Crippen LogP contribution in [0.25, 0.3) is 0 Å². The highest BCUT2D eigenvalue weighted by Crippen LogP contribution is 2.17. The fraction of sp³-hybridized carbons (Fsp3) is 0.231. The Morgan fingerprint density at radius 3 is 0.917 bits per heavy atom. The summed E-state index contributed by atoms with van der Waals surface area (Å²) in [5.74, 6) is 0. The van der Waals surface area contributed by atoms with Crippen LogP contribution in [0, 0.1) is 0 Å². The van der Waals surface area contributed by atoms with E-state index in [9.17, 15) is 0 Å². The van der Waals surface area contributed by atoms with Crippen LogP contribution in [0.2, 0.25) is 20.1 Å². The topological polar surface area (TPSA) is 58.0 Å². The Balaban J connectivity index is 1.53. The maximum atomic E-state index is 6.21. The summed E-state index contributed by atoms with van der Waals surface area (Å²) >= 11 is 24.8. The Kier molecular flexibility index (Phi) is 9.87. The largest absolute Gasteiger partial charge is 0.290 e. The molecule has 0 fully saturated rings. The molecule has 6 nitrogen and oxygen atoms in total. The summed E-state index contributed by atoms with van der Waals surface area (Å²) in [4.78, 5) is 22.5. The van der Waals surface area contributed by atoms with Gasteiger partial charge in [-0.3, -0.25) is 29.7 Å². The molecule has 36 heavy (non-hydrogen) atoms. The molecule has 4 aromatic rings. The molecule has 0 N–H and O–H groups in total. The molecule has 0 aromatic carbocycles. The number of hydrogen-bond acceptors (Lipinski definition) is 6. The maximum Gasteiger partial charge on any atom is 0.0558 e. The highest BCUT2D eigenvalue weighted by atomic mass is 35.5. The standard InChI is InChI=1S/C26H24Cl4N6/c27-19-1-5-31-23(11-19)15-35(16-24-12-20(28)2-6-32-24)9-10-36(17-25-13-21(29)3-7-33-25)18-26-14-22(30)4-8-34-26/h1-8,11-14H,9-10,15-18H2. The fourth-order valence-corrected chi connectivity index (χ4v) is 4.50. The van der Waals surface area contributed by atoms with Crippen LogP contribution >= 0.6 is 46.4 Å². The number of pyridine rings is 4. The predicted molar refractivity (Wildman–Crippen MR) is 145 cm³/mol. The maximum absolute atomic E-state index is 6.21. The van der Waals surface area contributed by atoms with Crippen LogP contribution in [-0.4, -0.2) is 42.8 Å². The second kappa shape index (κ2) is 13.3. The van der Waals surface area contributed by atoms with Crippen molar-refractivity contribution in [3.05, 3.63) is 116 Å². The third-order valence-corrected chi connectivity index (χ3v) is 6.33. The van der Waals surface area contributed by atoms with Crippen molar-refractivity contribution in [3.63, 3.8) is 0 Å². The zero-order valence-corrected chi connectivity index (χ0v) is 22.4. The summed E-state index contributed by atoms with van der Waals surface area (Å²) in [7, 11) is 0. The van der Waals surface area contributed by atoms with Crippen LogP contribution in [0.3, 0.4) is 0 Å². The number of nitrogens with zero attached hydrogens (tertiary/aromatic N) is 6.